The molecule has 0 radical (unpaired) electrons. The van der Waals surface area contributed by atoms with Gasteiger partial charge in [0.15, 0.2) is 0 Å². The fourth-order valence-corrected chi connectivity index (χ4v) is 2.18. The van der Waals surface area contributed by atoms with Crippen LogP contribution in [0.25, 0.3) is 0 Å². The van der Waals surface area contributed by atoms with Crippen molar-refractivity contribution in [3.63, 3.8) is 0 Å². The molecule has 1 unspecified atom stereocenters. The summed E-state index contributed by atoms with van der Waals surface area (Å²) in [6.07, 6.45) is 0. The molecular formula is C14H22F2N2O. The van der Waals surface area contributed by atoms with Crippen molar-refractivity contribution in [1.29, 1.82) is 0 Å². The van der Waals surface area contributed by atoms with E-state index in [0.29, 0.717) is 18.7 Å². The Morgan fingerprint density at radius 3 is 2.47 bits per heavy atom. The van der Waals surface area contributed by atoms with Gasteiger partial charge in [0.1, 0.15) is 11.6 Å². The first-order valence-electron chi connectivity index (χ1n) is 6.41. The summed E-state index contributed by atoms with van der Waals surface area (Å²) in [5.41, 5.74) is 6.20. The Labute approximate surface area is 113 Å². The van der Waals surface area contributed by atoms with E-state index >= 15 is 0 Å². The average Bonchev–Trinajstić information content (AvgIpc) is 2.35. The van der Waals surface area contributed by atoms with Crippen molar-refractivity contribution in [1.82, 2.24) is 4.90 Å². The minimum absolute atomic E-state index is 0.188. The lowest BCUT2D eigenvalue weighted by Gasteiger charge is -2.34. The summed E-state index contributed by atoms with van der Waals surface area (Å²) in [5, 5.41) is 0. The number of nitrogens with two attached hydrogens (primary N) is 1. The topological polar surface area (TPSA) is 38.5 Å². The van der Waals surface area contributed by atoms with Crippen molar-refractivity contribution in [2.45, 2.75) is 25.9 Å². The lowest BCUT2D eigenvalue weighted by molar-refractivity contribution is 0.0965. The number of methoxy groups -OCH3 is 1. The molecule has 1 aromatic carbocycles. The maximum Gasteiger partial charge on any atom is 0.130 e. The van der Waals surface area contributed by atoms with E-state index in [4.69, 9.17) is 10.5 Å². The second-order valence-corrected chi connectivity index (χ2v) is 4.74. The van der Waals surface area contributed by atoms with E-state index in [-0.39, 0.29) is 18.6 Å². The highest BCUT2D eigenvalue weighted by Crippen LogP contribution is 2.24. The van der Waals surface area contributed by atoms with Crippen LogP contribution in [0.2, 0.25) is 0 Å². The van der Waals surface area contributed by atoms with E-state index < -0.39 is 11.6 Å². The van der Waals surface area contributed by atoms with E-state index in [0.717, 1.165) is 6.07 Å². The van der Waals surface area contributed by atoms with Crippen LogP contribution in [-0.4, -0.2) is 37.7 Å². The molecule has 1 aromatic rings. The van der Waals surface area contributed by atoms with Gasteiger partial charge in [-0.2, -0.15) is 0 Å². The predicted molar refractivity (Wildman–Crippen MR) is 71.9 cm³/mol. The van der Waals surface area contributed by atoms with E-state index in [1.807, 2.05) is 13.8 Å². The Morgan fingerprint density at radius 2 is 2.00 bits per heavy atom. The molecule has 0 fully saturated rings. The van der Waals surface area contributed by atoms with Gasteiger partial charge in [-0.15, -0.1) is 0 Å². The molecule has 2 N–H and O–H groups in total. The van der Waals surface area contributed by atoms with Crippen molar-refractivity contribution in [3.8, 4) is 0 Å². The Bertz CT molecular complexity index is 399. The van der Waals surface area contributed by atoms with Gasteiger partial charge in [0.2, 0.25) is 0 Å². The molecule has 0 saturated heterocycles. The van der Waals surface area contributed by atoms with Gasteiger partial charge < -0.3 is 10.5 Å². The van der Waals surface area contributed by atoms with Crippen molar-refractivity contribution in [2.24, 2.45) is 5.73 Å². The van der Waals surface area contributed by atoms with Crippen LogP contribution in [0.15, 0.2) is 18.2 Å². The van der Waals surface area contributed by atoms with Gasteiger partial charge in [0.25, 0.3) is 0 Å². The smallest absolute Gasteiger partial charge is 0.130 e. The first-order valence-corrected chi connectivity index (χ1v) is 6.41. The zero-order valence-electron chi connectivity index (χ0n) is 11.7. The number of hydrogen-bond donors (Lipinski definition) is 1. The normalized spacial score (nSPS) is 13.3. The summed E-state index contributed by atoms with van der Waals surface area (Å²) in [6.45, 7) is 5.48. The van der Waals surface area contributed by atoms with Gasteiger partial charge >= 0.3 is 0 Å². The number of rotatable bonds is 7. The number of halogens is 2. The molecule has 0 aliphatic heterocycles. The third kappa shape index (κ3) is 4.23. The lowest BCUT2D eigenvalue weighted by Crippen LogP contribution is -2.41. The summed E-state index contributed by atoms with van der Waals surface area (Å²) in [5.74, 6) is -1.14. The fraction of sp³-hybridized carbons (Fsp3) is 0.571. The molecule has 19 heavy (non-hydrogen) atoms. The summed E-state index contributed by atoms with van der Waals surface area (Å²) in [6, 6.07) is 3.52. The molecule has 1 atom stereocenters. The minimum atomic E-state index is -0.579. The molecule has 108 valence electrons. The van der Waals surface area contributed by atoms with Crippen LogP contribution in [0, 0.1) is 11.6 Å². The van der Waals surface area contributed by atoms with E-state index in [1.54, 1.807) is 7.11 Å². The maximum absolute atomic E-state index is 13.9. The van der Waals surface area contributed by atoms with Crippen LogP contribution in [-0.2, 0) is 4.74 Å². The monoisotopic (exact) mass is 272 g/mol. The van der Waals surface area contributed by atoms with Crippen molar-refractivity contribution >= 4 is 0 Å². The molecule has 0 heterocycles. The summed E-state index contributed by atoms with van der Waals surface area (Å²) in [7, 11) is 1.62. The molecule has 1 rings (SSSR count). The van der Waals surface area contributed by atoms with Gasteiger partial charge in [-0.25, -0.2) is 8.78 Å². The van der Waals surface area contributed by atoms with Crippen LogP contribution in [0.5, 0.6) is 0 Å². The number of benzene rings is 1. The Balaban J connectivity index is 3.01. The molecule has 3 nitrogen and oxygen atoms in total. The largest absolute Gasteiger partial charge is 0.383 e. The number of hydrogen-bond acceptors (Lipinski definition) is 3. The third-order valence-corrected chi connectivity index (χ3v) is 3.16. The summed E-state index contributed by atoms with van der Waals surface area (Å²) in [4.78, 5) is 2.06. The van der Waals surface area contributed by atoms with Crippen LogP contribution in [0.1, 0.15) is 25.5 Å². The Morgan fingerprint density at radius 1 is 1.32 bits per heavy atom. The maximum atomic E-state index is 13.9. The average molecular weight is 272 g/mol. The molecule has 0 amide bonds. The van der Waals surface area contributed by atoms with Crippen molar-refractivity contribution in [3.05, 3.63) is 35.4 Å². The molecule has 0 bridgehead atoms. The molecule has 0 aliphatic rings. The van der Waals surface area contributed by atoms with Gasteiger partial charge in [-0.1, -0.05) is 6.07 Å². The van der Waals surface area contributed by atoms with Gasteiger partial charge in [0.05, 0.1) is 12.6 Å². The molecule has 5 heteroatoms. The SMILES string of the molecule is COCCN(C(C)C)C(CN)c1ccc(F)cc1F. The summed E-state index contributed by atoms with van der Waals surface area (Å²) < 4.78 is 31.9. The van der Waals surface area contributed by atoms with Crippen LogP contribution >= 0.6 is 0 Å². The molecule has 0 saturated carbocycles. The number of nitrogens with zero attached hydrogens (tertiary/aromatic N) is 1. The lowest BCUT2D eigenvalue weighted by atomic mass is 10.0. The highest BCUT2D eigenvalue weighted by molar-refractivity contribution is 5.23. The quantitative estimate of drug-likeness (QED) is 0.828. The number of ether oxygens (including phenoxy) is 1. The van der Waals surface area contributed by atoms with Gasteiger partial charge in [-0.05, 0) is 19.9 Å². The first-order chi connectivity index (χ1) is 9.01. The van der Waals surface area contributed by atoms with E-state index in [2.05, 4.69) is 4.90 Å². The third-order valence-electron chi connectivity index (χ3n) is 3.16. The molecular weight excluding hydrogens is 250 g/mol. The van der Waals surface area contributed by atoms with Gasteiger partial charge in [0, 0.05) is 37.9 Å². The standard InChI is InChI=1S/C14H22F2N2O/c1-10(2)18(6-7-19-3)14(9-17)12-5-4-11(15)8-13(12)16/h4-5,8,10,14H,6-7,9,17H2,1-3H3. The van der Waals surface area contributed by atoms with Crippen molar-refractivity contribution < 1.29 is 13.5 Å². The predicted octanol–water partition coefficient (Wildman–Crippen LogP) is 2.32. The molecule has 0 aromatic heterocycles. The van der Waals surface area contributed by atoms with Crippen LogP contribution in [0.3, 0.4) is 0 Å². The molecule has 0 spiro atoms. The molecule has 0 aliphatic carbocycles. The summed E-state index contributed by atoms with van der Waals surface area (Å²) >= 11 is 0. The second kappa shape index (κ2) is 7.53. The van der Waals surface area contributed by atoms with E-state index in [9.17, 15) is 8.78 Å². The highest BCUT2D eigenvalue weighted by atomic mass is 19.1. The first kappa shape index (κ1) is 16.0. The highest BCUT2D eigenvalue weighted by Gasteiger charge is 2.24. The fourth-order valence-electron chi connectivity index (χ4n) is 2.18. The van der Waals surface area contributed by atoms with Crippen LogP contribution in [0.4, 0.5) is 8.78 Å². The zero-order valence-corrected chi connectivity index (χ0v) is 11.7. The zero-order chi connectivity index (χ0) is 14.4. The second-order valence-electron chi connectivity index (χ2n) is 4.74. The van der Waals surface area contributed by atoms with Crippen LogP contribution < -0.4 is 5.73 Å². The Kier molecular flexibility index (Phi) is 6.34. The van der Waals surface area contributed by atoms with E-state index in [1.165, 1.54) is 12.1 Å². The minimum Gasteiger partial charge on any atom is -0.383 e. The van der Waals surface area contributed by atoms with Crippen molar-refractivity contribution in [2.75, 3.05) is 26.8 Å². The Hall–Kier alpha value is -1.04. The van der Waals surface area contributed by atoms with Gasteiger partial charge in [-0.3, -0.25) is 4.90 Å².